The second-order valence-electron chi connectivity index (χ2n) is 3.75. The third-order valence-electron chi connectivity index (χ3n) is 2.23. The van der Waals surface area contributed by atoms with Gasteiger partial charge in [-0.2, -0.15) is 0 Å². The summed E-state index contributed by atoms with van der Waals surface area (Å²) in [6.07, 6.45) is 2.29. The largest absolute Gasteiger partial charge is 0.392 e. The van der Waals surface area contributed by atoms with Gasteiger partial charge in [-0.25, -0.2) is 4.98 Å². The normalized spacial score (nSPS) is 13.1. The van der Waals surface area contributed by atoms with Crippen LogP contribution in [-0.4, -0.2) is 34.7 Å². The van der Waals surface area contributed by atoms with Crippen LogP contribution in [0.4, 0.5) is 0 Å². The van der Waals surface area contributed by atoms with Gasteiger partial charge < -0.3 is 5.11 Å². The Morgan fingerprint density at radius 2 is 2.27 bits per heavy atom. The highest BCUT2D eigenvalue weighted by Crippen LogP contribution is 2.07. The van der Waals surface area contributed by atoms with Crippen molar-refractivity contribution in [3.63, 3.8) is 0 Å². The predicted octanol–water partition coefficient (Wildman–Crippen LogP) is 1.94. The van der Waals surface area contributed by atoms with E-state index in [9.17, 15) is 5.11 Å². The average molecular weight is 229 g/mol. The van der Waals surface area contributed by atoms with Crippen LogP contribution >= 0.6 is 11.6 Å². The van der Waals surface area contributed by atoms with Crippen molar-refractivity contribution in [3.05, 3.63) is 29.0 Å². The molecule has 1 atom stereocenters. The zero-order chi connectivity index (χ0) is 11.3. The van der Waals surface area contributed by atoms with Crippen LogP contribution in [0.15, 0.2) is 18.3 Å². The van der Waals surface area contributed by atoms with Gasteiger partial charge in [0.15, 0.2) is 0 Å². The van der Waals surface area contributed by atoms with Crippen LogP contribution in [0.25, 0.3) is 0 Å². The van der Waals surface area contributed by atoms with Gasteiger partial charge in [-0.1, -0.05) is 24.6 Å². The molecule has 1 aromatic heterocycles. The molecule has 0 saturated carbocycles. The molecule has 0 fully saturated rings. The molecule has 0 radical (unpaired) electrons. The minimum atomic E-state index is -0.254. The number of halogens is 1. The number of aromatic nitrogens is 1. The molecule has 1 N–H and O–H groups in total. The van der Waals surface area contributed by atoms with Crippen LogP contribution in [0.3, 0.4) is 0 Å². The molecular weight excluding hydrogens is 212 g/mol. The Morgan fingerprint density at radius 1 is 1.53 bits per heavy atom. The lowest BCUT2D eigenvalue weighted by atomic mass is 10.2. The molecule has 0 aromatic carbocycles. The maximum absolute atomic E-state index is 9.47. The quantitative estimate of drug-likeness (QED) is 0.783. The Bertz CT molecular complexity index is 289. The van der Waals surface area contributed by atoms with E-state index in [2.05, 4.69) is 9.88 Å². The van der Waals surface area contributed by atoms with E-state index in [0.29, 0.717) is 11.7 Å². The maximum atomic E-state index is 9.47. The Labute approximate surface area is 95.7 Å². The van der Waals surface area contributed by atoms with Gasteiger partial charge in [0.05, 0.1) is 6.10 Å². The van der Waals surface area contributed by atoms with Gasteiger partial charge in [-0.05, 0) is 25.1 Å². The number of aliphatic hydroxyl groups excluding tert-OH is 1. The lowest BCUT2D eigenvalue weighted by molar-refractivity contribution is 0.119. The standard InChI is InChI=1S/C11H17ClN2O/c1-3-10(15)8-14(2)7-9-4-5-11(12)13-6-9/h4-6,10,15H,3,7-8H2,1-2H3. The first-order chi connectivity index (χ1) is 7.11. The van der Waals surface area contributed by atoms with Crippen LogP contribution in [0.1, 0.15) is 18.9 Å². The van der Waals surface area contributed by atoms with Crippen molar-refractivity contribution >= 4 is 11.6 Å². The van der Waals surface area contributed by atoms with E-state index in [-0.39, 0.29) is 6.10 Å². The van der Waals surface area contributed by atoms with Gasteiger partial charge in [-0.15, -0.1) is 0 Å². The Morgan fingerprint density at radius 3 is 2.80 bits per heavy atom. The molecule has 0 bridgehead atoms. The van der Waals surface area contributed by atoms with Crippen molar-refractivity contribution in [3.8, 4) is 0 Å². The van der Waals surface area contributed by atoms with Crippen LogP contribution in [0, 0.1) is 0 Å². The van der Waals surface area contributed by atoms with E-state index in [1.165, 1.54) is 0 Å². The molecule has 0 spiro atoms. The third kappa shape index (κ3) is 4.60. The molecule has 1 aromatic rings. The van der Waals surface area contributed by atoms with Gasteiger partial charge >= 0.3 is 0 Å². The summed E-state index contributed by atoms with van der Waals surface area (Å²) in [6.45, 7) is 3.43. The second kappa shape index (κ2) is 6.05. The first-order valence-corrected chi connectivity index (χ1v) is 5.46. The molecule has 0 aliphatic rings. The van der Waals surface area contributed by atoms with Crippen molar-refractivity contribution in [2.75, 3.05) is 13.6 Å². The van der Waals surface area contributed by atoms with Gasteiger partial charge in [-0.3, -0.25) is 4.90 Å². The number of rotatable bonds is 5. The van der Waals surface area contributed by atoms with E-state index >= 15 is 0 Å². The molecule has 84 valence electrons. The number of pyridine rings is 1. The number of hydrogen-bond acceptors (Lipinski definition) is 3. The molecule has 0 aliphatic heterocycles. The molecule has 4 heteroatoms. The highest BCUT2D eigenvalue weighted by Gasteiger charge is 2.06. The summed E-state index contributed by atoms with van der Waals surface area (Å²) in [5.74, 6) is 0. The van der Waals surface area contributed by atoms with Crippen LogP contribution in [-0.2, 0) is 6.54 Å². The zero-order valence-corrected chi connectivity index (χ0v) is 9.91. The van der Waals surface area contributed by atoms with Crippen molar-refractivity contribution in [1.29, 1.82) is 0 Å². The molecule has 3 nitrogen and oxygen atoms in total. The number of aliphatic hydroxyl groups is 1. The molecule has 0 aliphatic carbocycles. The fourth-order valence-electron chi connectivity index (χ4n) is 1.37. The minimum Gasteiger partial charge on any atom is -0.392 e. The van der Waals surface area contributed by atoms with Gasteiger partial charge in [0.2, 0.25) is 0 Å². The second-order valence-corrected chi connectivity index (χ2v) is 4.14. The van der Waals surface area contributed by atoms with Crippen LogP contribution < -0.4 is 0 Å². The van der Waals surface area contributed by atoms with E-state index in [1.54, 1.807) is 12.3 Å². The summed E-state index contributed by atoms with van der Waals surface area (Å²) < 4.78 is 0. The van der Waals surface area contributed by atoms with Crippen LogP contribution in [0.5, 0.6) is 0 Å². The van der Waals surface area contributed by atoms with Crippen molar-refractivity contribution < 1.29 is 5.11 Å². The smallest absolute Gasteiger partial charge is 0.129 e. The minimum absolute atomic E-state index is 0.254. The summed E-state index contributed by atoms with van der Waals surface area (Å²) in [7, 11) is 1.98. The lowest BCUT2D eigenvalue weighted by Crippen LogP contribution is -2.28. The first-order valence-electron chi connectivity index (χ1n) is 5.09. The maximum Gasteiger partial charge on any atom is 0.129 e. The van der Waals surface area contributed by atoms with E-state index in [0.717, 1.165) is 18.5 Å². The summed E-state index contributed by atoms with van der Waals surface area (Å²) in [5.41, 5.74) is 1.10. The summed E-state index contributed by atoms with van der Waals surface area (Å²) >= 11 is 5.69. The average Bonchev–Trinajstić information content (AvgIpc) is 2.21. The Balaban J connectivity index is 2.44. The van der Waals surface area contributed by atoms with Gasteiger partial charge in [0.1, 0.15) is 5.15 Å². The summed E-state index contributed by atoms with van der Waals surface area (Å²) in [4.78, 5) is 6.08. The van der Waals surface area contributed by atoms with E-state index in [4.69, 9.17) is 11.6 Å². The molecule has 0 saturated heterocycles. The Kier molecular flexibility index (Phi) is 5.02. The SMILES string of the molecule is CCC(O)CN(C)Cc1ccc(Cl)nc1. The molecule has 1 unspecified atom stereocenters. The lowest BCUT2D eigenvalue weighted by Gasteiger charge is -2.19. The van der Waals surface area contributed by atoms with Crippen molar-refractivity contribution in [2.24, 2.45) is 0 Å². The number of likely N-dealkylation sites (N-methyl/N-ethyl adjacent to an activating group) is 1. The van der Waals surface area contributed by atoms with E-state index in [1.807, 2.05) is 20.0 Å². The van der Waals surface area contributed by atoms with Crippen molar-refractivity contribution in [2.45, 2.75) is 26.0 Å². The monoisotopic (exact) mass is 228 g/mol. The highest BCUT2D eigenvalue weighted by atomic mass is 35.5. The fraction of sp³-hybridized carbons (Fsp3) is 0.545. The highest BCUT2D eigenvalue weighted by molar-refractivity contribution is 6.29. The topological polar surface area (TPSA) is 36.4 Å². The van der Waals surface area contributed by atoms with Gasteiger partial charge in [0.25, 0.3) is 0 Å². The summed E-state index contributed by atoms with van der Waals surface area (Å²) in [5, 5.41) is 9.98. The molecule has 0 amide bonds. The summed E-state index contributed by atoms with van der Waals surface area (Å²) in [6, 6.07) is 3.73. The zero-order valence-electron chi connectivity index (χ0n) is 9.15. The van der Waals surface area contributed by atoms with Gasteiger partial charge in [0, 0.05) is 19.3 Å². The van der Waals surface area contributed by atoms with E-state index < -0.39 is 0 Å². The fourth-order valence-corrected chi connectivity index (χ4v) is 1.48. The molecule has 1 rings (SSSR count). The molecule has 1 heterocycles. The first kappa shape index (κ1) is 12.4. The third-order valence-corrected chi connectivity index (χ3v) is 2.46. The predicted molar refractivity (Wildman–Crippen MR) is 61.9 cm³/mol. The molecule has 15 heavy (non-hydrogen) atoms. The molecular formula is C11H17ClN2O. The number of nitrogens with zero attached hydrogens (tertiary/aromatic N) is 2. The van der Waals surface area contributed by atoms with Crippen LogP contribution in [0.2, 0.25) is 5.15 Å². The Hall–Kier alpha value is -0.640. The number of hydrogen-bond donors (Lipinski definition) is 1. The van der Waals surface area contributed by atoms with Crippen molar-refractivity contribution in [1.82, 2.24) is 9.88 Å².